The van der Waals surface area contributed by atoms with E-state index in [0.717, 1.165) is 5.56 Å². The number of hydrogen-bond donors (Lipinski definition) is 1. The lowest BCUT2D eigenvalue weighted by Crippen LogP contribution is -2.26. The summed E-state index contributed by atoms with van der Waals surface area (Å²) in [6, 6.07) is 10.0. The summed E-state index contributed by atoms with van der Waals surface area (Å²) in [5, 5.41) is 3.70. The van der Waals surface area contributed by atoms with Gasteiger partial charge in [0.15, 0.2) is 11.5 Å². The Bertz CT molecular complexity index is 719. The molecule has 6 heteroatoms. The molecule has 1 atom stereocenters. The van der Waals surface area contributed by atoms with Crippen LogP contribution in [0.1, 0.15) is 28.9 Å². The first kappa shape index (κ1) is 17.4. The molecule has 0 radical (unpaired) electrons. The largest absolute Gasteiger partial charge is 0.493 e. The lowest BCUT2D eigenvalue weighted by Gasteiger charge is -2.17. The Hall–Kier alpha value is -1.91. The molecule has 0 unspecified atom stereocenters. The summed E-state index contributed by atoms with van der Waals surface area (Å²) in [5.74, 6) is 0.972. The second-order valence-electron chi connectivity index (χ2n) is 4.93. The summed E-state index contributed by atoms with van der Waals surface area (Å²) in [6.45, 7) is 1.88. The first-order valence-electron chi connectivity index (χ1n) is 6.94. The van der Waals surface area contributed by atoms with Gasteiger partial charge in [0.05, 0.1) is 30.8 Å². The highest BCUT2D eigenvalue weighted by atomic mass is 35.5. The van der Waals surface area contributed by atoms with Gasteiger partial charge >= 0.3 is 0 Å². The van der Waals surface area contributed by atoms with E-state index in [9.17, 15) is 4.79 Å². The van der Waals surface area contributed by atoms with Crippen LogP contribution in [0.25, 0.3) is 0 Å². The Balaban J connectivity index is 2.18. The molecule has 122 valence electrons. The van der Waals surface area contributed by atoms with Gasteiger partial charge in [0, 0.05) is 5.02 Å². The minimum Gasteiger partial charge on any atom is -0.493 e. The van der Waals surface area contributed by atoms with Gasteiger partial charge in [0.1, 0.15) is 0 Å². The molecular weight excluding hydrogens is 337 g/mol. The highest BCUT2D eigenvalue weighted by Crippen LogP contribution is 2.30. The standard InChI is InChI=1S/C17H17Cl2NO3/c1-10(11-4-7-15(22-2)16(8-11)23-3)20-17(21)13-6-5-12(18)9-14(13)19/h4-10H,1-3H3,(H,20,21)/t10-/m1/s1. The predicted molar refractivity (Wildman–Crippen MR) is 91.9 cm³/mol. The first-order chi connectivity index (χ1) is 11.0. The summed E-state index contributed by atoms with van der Waals surface area (Å²) < 4.78 is 10.5. The minimum atomic E-state index is -0.269. The maximum absolute atomic E-state index is 12.3. The summed E-state index contributed by atoms with van der Waals surface area (Å²) in [4.78, 5) is 12.3. The van der Waals surface area contributed by atoms with E-state index in [-0.39, 0.29) is 11.9 Å². The molecular formula is C17H17Cl2NO3. The molecule has 23 heavy (non-hydrogen) atoms. The van der Waals surface area contributed by atoms with Gasteiger partial charge in [-0.2, -0.15) is 0 Å². The third kappa shape index (κ3) is 4.09. The number of ether oxygens (including phenoxy) is 2. The topological polar surface area (TPSA) is 47.6 Å². The third-order valence-corrected chi connectivity index (χ3v) is 3.98. The highest BCUT2D eigenvalue weighted by Gasteiger charge is 2.16. The molecule has 1 amide bonds. The highest BCUT2D eigenvalue weighted by molar-refractivity contribution is 6.36. The summed E-state index contributed by atoms with van der Waals surface area (Å²) in [7, 11) is 3.14. The Kier molecular flexibility index (Phi) is 5.74. The Morgan fingerprint density at radius 1 is 1.04 bits per heavy atom. The number of nitrogens with one attached hydrogen (secondary N) is 1. The number of methoxy groups -OCH3 is 2. The molecule has 0 fully saturated rings. The zero-order valence-corrected chi connectivity index (χ0v) is 14.5. The first-order valence-corrected chi connectivity index (χ1v) is 7.69. The van der Waals surface area contributed by atoms with Crippen LogP contribution in [0.15, 0.2) is 36.4 Å². The van der Waals surface area contributed by atoms with Crippen LogP contribution in [-0.4, -0.2) is 20.1 Å². The third-order valence-electron chi connectivity index (χ3n) is 3.43. The van der Waals surface area contributed by atoms with E-state index in [1.807, 2.05) is 19.1 Å². The van der Waals surface area contributed by atoms with Crippen LogP contribution in [0.5, 0.6) is 11.5 Å². The average Bonchev–Trinajstić information content (AvgIpc) is 2.53. The van der Waals surface area contributed by atoms with E-state index >= 15 is 0 Å². The molecule has 0 bridgehead atoms. The monoisotopic (exact) mass is 353 g/mol. The summed E-state index contributed by atoms with van der Waals surface area (Å²) in [5.41, 5.74) is 1.27. The van der Waals surface area contributed by atoms with Crippen molar-refractivity contribution in [2.45, 2.75) is 13.0 Å². The van der Waals surface area contributed by atoms with E-state index in [1.54, 1.807) is 38.5 Å². The quantitative estimate of drug-likeness (QED) is 0.860. The normalized spacial score (nSPS) is 11.7. The molecule has 2 aromatic carbocycles. The zero-order chi connectivity index (χ0) is 17.0. The molecule has 2 rings (SSSR count). The van der Waals surface area contributed by atoms with Crippen LogP contribution in [0.3, 0.4) is 0 Å². The van der Waals surface area contributed by atoms with Crippen molar-refractivity contribution in [1.82, 2.24) is 5.32 Å². The Morgan fingerprint density at radius 3 is 2.35 bits per heavy atom. The van der Waals surface area contributed by atoms with Gasteiger partial charge in [-0.25, -0.2) is 0 Å². The van der Waals surface area contributed by atoms with Crippen LogP contribution >= 0.6 is 23.2 Å². The van der Waals surface area contributed by atoms with Gasteiger partial charge in [0.25, 0.3) is 5.91 Å². The smallest absolute Gasteiger partial charge is 0.253 e. The van der Waals surface area contributed by atoms with E-state index < -0.39 is 0 Å². The van der Waals surface area contributed by atoms with Crippen molar-refractivity contribution in [3.05, 3.63) is 57.6 Å². The zero-order valence-electron chi connectivity index (χ0n) is 13.0. The van der Waals surface area contributed by atoms with Gasteiger partial charge in [-0.1, -0.05) is 29.3 Å². The van der Waals surface area contributed by atoms with Crippen LogP contribution < -0.4 is 14.8 Å². The number of rotatable bonds is 5. The summed E-state index contributed by atoms with van der Waals surface area (Å²) >= 11 is 11.9. The van der Waals surface area contributed by atoms with Crippen LogP contribution in [0.4, 0.5) is 0 Å². The predicted octanol–water partition coefficient (Wildman–Crippen LogP) is 4.50. The number of carbonyl (C=O) groups is 1. The molecule has 0 heterocycles. The molecule has 4 nitrogen and oxygen atoms in total. The maximum Gasteiger partial charge on any atom is 0.253 e. The number of benzene rings is 2. The van der Waals surface area contributed by atoms with Crippen molar-refractivity contribution >= 4 is 29.1 Å². The van der Waals surface area contributed by atoms with Gasteiger partial charge in [-0.3, -0.25) is 4.79 Å². The molecule has 1 N–H and O–H groups in total. The van der Waals surface area contributed by atoms with Crippen molar-refractivity contribution in [3.8, 4) is 11.5 Å². The van der Waals surface area contributed by atoms with Crippen molar-refractivity contribution in [3.63, 3.8) is 0 Å². The van der Waals surface area contributed by atoms with Crippen LogP contribution in [-0.2, 0) is 0 Å². The van der Waals surface area contributed by atoms with Gasteiger partial charge in [-0.05, 0) is 42.8 Å². The fourth-order valence-electron chi connectivity index (χ4n) is 2.15. The molecule has 0 aliphatic heterocycles. The van der Waals surface area contributed by atoms with Crippen LogP contribution in [0, 0.1) is 0 Å². The second-order valence-corrected chi connectivity index (χ2v) is 5.78. The SMILES string of the molecule is COc1ccc([C@@H](C)NC(=O)c2ccc(Cl)cc2Cl)cc1OC. The van der Waals surface area contributed by atoms with E-state index in [4.69, 9.17) is 32.7 Å². The van der Waals surface area contributed by atoms with Gasteiger partial charge in [-0.15, -0.1) is 0 Å². The fraction of sp³-hybridized carbons (Fsp3) is 0.235. The Labute approximate surface area is 145 Å². The maximum atomic E-state index is 12.3. The van der Waals surface area contributed by atoms with Crippen LogP contribution in [0.2, 0.25) is 10.0 Å². The lowest BCUT2D eigenvalue weighted by atomic mass is 10.1. The molecule has 0 saturated heterocycles. The minimum absolute atomic E-state index is 0.228. The number of halogens is 2. The van der Waals surface area contributed by atoms with Gasteiger partial charge < -0.3 is 14.8 Å². The summed E-state index contributed by atoms with van der Waals surface area (Å²) in [6.07, 6.45) is 0. The average molecular weight is 354 g/mol. The molecule has 2 aromatic rings. The molecule has 0 aromatic heterocycles. The molecule has 0 aliphatic rings. The molecule has 0 spiro atoms. The van der Waals surface area contributed by atoms with E-state index in [1.165, 1.54) is 0 Å². The second kappa shape index (κ2) is 7.57. The van der Waals surface area contributed by atoms with Crippen molar-refractivity contribution in [2.75, 3.05) is 14.2 Å². The van der Waals surface area contributed by atoms with Crippen molar-refractivity contribution < 1.29 is 14.3 Å². The molecule has 0 aliphatic carbocycles. The molecule has 0 saturated carbocycles. The lowest BCUT2D eigenvalue weighted by molar-refractivity contribution is 0.0940. The number of hydrogen-bond acceptors (Lipinski definition) is 3. The van der Waals surface area contributed by atoms with Crippen molar-refractivity contribution in [2.24, 2.45) is 0 Å². The van der Waals surface area contributed by atoms with Gasteiger partial charge in [0.2, 0.25) is 0 Å². The van der Waals surface area contributed by atoms with E-state index in [0.29, 0.717) is 27.1 Å². The van der Waals surface area contributed by atoms with Crippen molar-refractivity contribution in [1.29, 1.82) is 0 Å². The number of amides is 1. The number of carbonyl (C=O) groups excluding carboxylic acids is 1. The van der Waals surface area contributed by atoms with E-state index in [2.05, 4.69) is 5.32 Å². The Morgan fingerprint density at radius 2 is 1.74 bits per heavy atom. The fourth-order valence-corrected chi connectivity index (χ4v) is 2.65.